The summed E-state index contributed by atoms with van der Waals surface area (Å²) in [5.41, 5.74) is 5.12. The normalized spacial score (nSPS) is 11.5. The first-order chi connectivity index (χ1) is 9.72. The van der Waals surface area contributed by atoms with Crippen LogP contribution >= 0.6 is 0 Å². The molecule has 4 aromatic heterocycles. The quantitative estimate of drug-likeness (QED) is 0.570. The van der Waals surface area contributed by atoms with Crippen LogP contribution in [0.3, 0.4) is 0 Å². The molecule has 0 bridgehead atoms. The van der Waals surface area contributed by atoms with E-state index in [4.69, 9.17) is 0 Å². The number of nitrogens with zero attached hydrogens (tertiary/aromatic N) is 3. The first kappa shape index (κ1) is 11.2. The molecular formula is C16H14N4. The Morgan fingerprint density at radius 1 is 1.05 bits per heavy atom. The van der Waals surface area contributed by atoms with Crippen LogP contribution in [-0.4, -0.2) is 19.5 Å². The predicted molar refractivity (Wildman–Crippen MR) is 80.2 cm³/mol. The molecule has 0 amide bonds. The molecule has 0 saturated heterocycles. The lowest BCUT2D eigenvalue weighted by atomic mass is 10.3. The number of rotatable bonds is 1. The van der Waals surface area contributed by atoms with Crippen LogP contribution in [0.2, 0.25) is 0 Å². The molecule has 0 atom stereocenters. The third kappa shape index (κ3) is 1.54. The van der Waals surface area contributed by atoms with E-state index in [-0.39, 0.29) is 0 Å². The van der Waals surface area contributed by atoms with E-state index in [9.17, 15) is 0 Å². The molecule has 0 aliphatic rings. The van der Waals surface area contributed by atoms with Crippen LogP contribution in [0.4, 0.5) is 0 Å². The zero-order valence-electron chi connectivity index (χ0n) is 11.4. The van der Waals surface area contributed by atoms with Gasteiger partial charge in [-0.1, -0.05) is 0 Å². The van der Waals surface area contributed by atoms with Gasteiger partial charge < -0.3 is 4.98 Å². The number of fused-ring (bicyclic) bond motifs is 2. The molecule has 0 aliphatic carbocycles. The van der Waals surface area contributed by atoms with E-state index in [1.807, 2.05) is 31.5 Å². The summed E-state index contributed by atoms with van der Waals surface area (Å²) in [6, 6.07) is 10.5. The largest absolute Gasteiger partial charge is 0.346 e. The van der Waals surface area contributed by atoms with Crippen molar-refractivity contribution in [1.82, 2.24) is 19.5 Å². The van der Waals surface area contributed by atoms with Crippen molar-refractivity contribution in [2.75, 3.05) is 0 Å². The minimum Gasteiger partial charge on any atom is -0.346 e. The second-order valence-corrected chi connectivity index (χ2v) is 5.10. The fourth-order valence-corrected chi connectivity index (χ4v) is 2.68. The van der Waals surface area contributed by atoms with Crippen molar-refractivity contribution in [3.63, 3.8) is 0 Å². The molecule has 0 spiro atoms. The molecule has 4 heteroatoms. The van der Waals surface area contributed by atoms with E-state index in [0.29, 0.717) is 0 Å². The average Bonchev–Trinajstić information content (AvgIpc) is 3.00. The maximum absolute atomic E-state index is 4.67. The van der Waals surface area contributed by atoms with Crippen LogP contribution in [0.15, 0.2) is 42.7 Å². The zero-order chi connectivity index (χ0) is 13.7. The van der Waals surface area contributed by atoms with E-state index in [2.05, 4.69) is 44.6 Å². The topological polar surface area (TPSA) is 46.5 Å². The molecule has 0 saturated carbocycles. The smallest absolute Gasteiger partial charge is 0.144 e. The van der Waals surface area contributed by atoms with Gasteiger partial charge in [0.2, 0.25) is 0 Å². The zero-order valence-corrected chi connectivity index (χ0v) is 11.4. The lowest BCUT2D eigenvalue weighted by Gasteiger charge is -2.07. The highest BCUT2D eigenvalue weighted by Gasteiger charge is 2.10. The second kappa shape index (κ2) is 3.93. The molecule has 0 aromatic carbocycles. The Hall–Kier alpha value is -2.62. The summed E-state index contributed by atoms with van der Waals surface area (Å²) in [7, 11) is 0. The number of nitrogens with one attached hydrogen (secondary N) is 1. The molecule has 4 nitrogen and oxygen atoms in total. The highest BCUT2D eigenvalue weighted by molar-refractivity contribution is 5.82. The van der Waals surface area contributed by atoms with Crippen LogP contribution in [0, 0.1) is 13.8 Å². The van der Waals surface area contributed by atoms with Gasteiger partial charge >= 0.3 is 0 Å². The predicted octanol–water partition coefficient (Wildman–Crippen LogP) is 3.52. The van der Waals surface area contributed by atoms with Crippen LogP contribution < -0.4 is 0 Å². The molecule has 0 aliphatic heterocycles. The van der Waals surface area contributed by atoms with Gasteiger partial charge in [-0.2, -0.15) is 0 Å². The van der Waals surface area contributed by atoms with Crippen molar-refractivity contribution >= 4 is 22.1 Å². The number of aryl methyl sites for hydroxylation is 2. The van der Waals surface area contributed by atoms with Gasteiger partial charge in [0.25, 0.3) is 0 Å². The summed E-state index contributed by atoms with van der Waals surface area (Å²) in [5.74, 6) is 0. The number of hydrogen-bond acceptors (Lipinski definition) is 2. The van der Waals surface area contributed by atoms with E-state index >= 15 is 0 Å². The molecule has 0 fully saturated rings. The third-order valence-corrected chi connectivity index (χ3v) is 3.62. The molecule has 98 valence electrons. The summed E-state index contributed by atoms with van der Waals surface area (Å²) in [4.78, 5) is 12.2. The van der Waals surface area contributed by atoms with Gasteiger partial charge in [0.15, 0.2) is 0 Å². The Bertz CT molecular complexity index is 930. The van der Waals surface area contributed by atoms with Gasteiger partial charge in [-0.05, 0) is 44.2 Å². The Balaban J connectivity index is 2.05. The van der Waals surface area contributed by atoms with Gasteiger partial charge in [-0.3, -0.25) is 4.57 Å². The Morgan fingerprint density at radius 3 is 2.85 bits per heavy atom. The minimum atomic E-state index is 0.909. The standard InChI is InChI=1S/C16H14N4/c1-10-3-4-13-7-11(2)20(16(13)19-10)14-8-12-5-6-17-15(12)18-9-14/h3-9H,1-2H3,(H,17,18). The summed E-state index contributed by atoms with van der Waals surface area (Å²) >= 11 is 0. The molecule has 4 heterocycles. The Labute approximate surface area is 116 Å². The van der Waals surface area contributed by atoms with Crippen molar-refractivity contribution in [3.05, 3.63) is 54.1 Å². The maximum atomic E-state index is 4.67. The lowest BCUT2D eigenvalue weighted by molar-refractivity contribution is 1.01. The first-order valence-corrected chi connectivity index (χ1v) is 6.61. The molecule has 0 unspecified atom stereocenters. The van der Waals surface area contributed by atoms with Gasteiger partial charge in [-0.25, -0.2) is 9.97 Å². The average molecular weight is 262 g/mol. The summed E-state index contributed by atoms with van der Waals surface area (Å²) in [5, 5.41) is 2.26. The van der Waals surface area contributed by atoms with Gasteiger partial charge in [-0.15, -0.1) is 0 Å². The highest BCUT2D eigenvalue weighted by Crippen LogP contribution is 2.24. The van der Waals surface area contributed by atoms with E-state index in [1.165, 1.54) is 0 Å². The Morgan fingerprint density at radius 2 is 1.95 bits per heavy atom. The highest BCUT2D eigenvalue weighted by atomic mass is 15.1. The van der Waals surface area contributed by atoms with Crippen molar-refractivity contribution in [2.24, 2.45) is 0 Å². The summed E-state index contributed by atoms with van der Waals surface area (Å²) < 4.78 is 2.15. The van der Waals surface area contributed by atoms with E-state index < -0.39 is 0 Å². The number of hydrogen-bond donors (Lipinski definition) is 1. The molecule has 4 aromatic rings. The van der Waals surface area contributed by atoms with Gasteiger partial charge in [0.1, 0.15) is 11.3 Å². The van der Waals surface area contributed by atoms with E-state index in [1.54, 1.807) is 0 Å². The molecule has 0 radical (unpaired) electrons. The van der Waals surface area contributed by atoms with Crippen molar-refractivity contribution in [1.29, 1.82) is 0 Å². The summed E-state index contributed by atoms with van der Waals surface area (Å²) in [6.07, 6.45) is 3.79. The number of aromatic nitrogens is 4. The monoisotopic (exact) mass is 262 g/mol. The molecule has 4 rings (SSSR count). The van der Waals surface area contributed by atoms with Crippen molar-refractivity contribution in [2.45, 2.75) is 13.8 Å². The third-order valence-electron chi connectivity index (χ3n) is 3.62. The van der Waals surface area contributed by atoms with Crippen LogP contribution in [-0.2, 0) is 0 Å². The number of pyridine rings is 2. The van der Waals surface area contributed by atoms with Crippen LogP contribution in [0.5, 0.6) is 0 Å². The minimum absolute atomic E-state index is 0.909. The fourth-order valence-electron chi connectivity index (χ4n) is 2.68. The number of H-pyrrole nitrogens is 1. The fraction of sp³-hybridized carbons (Fsp3) is 0.125. The number of aromatic amines is 1. The van der Waals surface area contributed by atoms with Gasteiger partial charge in [0, 0.05) is 28.4 Å². The Kier molecular flexibility index (Phi) is 2.21. The van der Waals surface area contributed by atoms with Crippen molar-refractivity contribution in [3.8, 4) is 5.69 Å². The van der Waals surface area contributed by atoms with Crippen LogP contribution in [0.25, 0.3) is 27.8 Å². The maximum Gasteiger partial charge on any atom is 0.144 e. The van der Waals surface area contributed by atoms with E-state index in [0.717, 1.165) is 39.1 Å². The lowest BCUT2D eigenvalue weighted by Crippen LogP contribution is -1.99. The summed E-state index contributed by atoms with van der Waals surface area (Å²) in [6.45, 7) is 4.11. The SMILES string of the molecule is Cc1ccc2cc(C)n(-c3cnc4[nH]ccc4c3)c2n1. The first-order valence-electron chi connectivity index (χ1n) is 6.61. The van der Waals surface area contributed by atoms with Crippen molar-refractivity contribution < 1.29 is 0 Å². The van der Waals surface area contributed by atoms with Crippen LogP contribution in [0.1, 0.15) is 11.4 Å². The van der Waals surface area contributed by atoms with Gasteiger partial charge in [0.05, 0.1) is 11.9 Å². The molecule has 1 N–H and O–H groups in total. The second-order valence-electron chi connectivity index (χ2n) is 5.10. The molecule has 20 heavy (non-hydrogen) atoms. The molecular weight excluding hydrogens is 248 g/mol.